The Morgan fingerprint density at radius 1 is 1.25 bits per heavy atom. The molecule has 1 aliphatic rings. The van der Waals surface area contributed by atoms with Crippen LogP contribution in [0.4, 0.5) is 0 Å². The first-order chi connectivity index (χ1) is 7.74. The minimum Gasteiger partial charge on any atom is -0.379 e. The van der Waals surface area contributed by atoms with Gasteiger partial charge in [0.15, 0.2) is 0 Å². The van der Waals surface area contributed by atoms with Crippen molar-refractivity contribution in [3.05, 3.63) is 0 Å². The molecule has 0 aliphatic heterocycles. The molecule has 0 aromatic carbocycles. The third-order valence-electron chi connectivity index (χ3n) is 3.55. The summed E-state index contributed by atoms with van der Waals surface area (Å²) >= 11 is 0. The van der Waals surface area contributed by atoms with Crippen molar-refractivity contribution in [3.63, 3.8) is 0 Å². The quantitative estimate of drug-likeness (QED) is 0.642. The van der Waals surface area contributed by atoms with Crippen LogP contribution in [0, 0.1) is 5.92 Å². The van der Waals surface area contributed by atoms with E-state index in [1.54, 1.807) is 0 Å². The summed E-state index contributed by atoms with van der Waals surface area (Å²) in [6.45, 7) is 8.46. The lowest BCUT2D eigenvalue weighted by molar-refractivity contribution is 0.0732. The van der Waals surface area contributed by atoms with Gasteiger partial charge in [0.2, 0.25) is 0 Å². The molecule has 16 heavy (non-hydrogen) atoms. The minimum atomic E-state index is 0.379. The summed E-state index contributed by atoms with van der Waals surface area (Å²) in [5.41, 5.74) is 0. The normalized spacial score (nSPS) is 19.5. The monoisotopic (exact) mass is 227 g/mol. The molecule has 0 heterocycles. The maximum Gasteiger partial charge on any atom is 0.0518 e. The average Bonchev–Trinajstić information content (AvgIpc) is 2.75. The van der Waals surface area contributed by atoms with Gasteiger partial charge in [-0.2, -0.15) is 0 Å². The van der Waals surface area contributed by atoms with Crippen molar-refractivity contribution in [3.8, 4) is 0 Å². The van der Waals surface area contributed by atoms with Gasteiger partial charge in [0.1, 0.15) is 0 Å². The molecule has 0 spiro atoms. The molecule has 1 N–H and O–H groups in total. The van der Waals surface area contributed by atoms with E-state index < -0.39 is 0 Å². The van der Waals surface area contributed by atoms with Crippen LogP contribution in [0.25, 0.3) is 0 Å². The second-order valence-corrected chi connectivity index (χ2v) is 5.27. The molecular weight excluding hydrogens is 198 g/mol. The molecule has 1 saturated carbocycles. The predicted octanol–water partition coefficient (Wildman–Crippen LogP) is 3.36. The second kappa shape index (κ2) is 8.08. The molecule has 1 aliphatic carbocycles. The van der Waals surface area contributed by atoms with Crippen LogP contribution in [0.1, 0.15) is 59.3 Å². The van der Waals surface area contributed by atoms with Crippen molar-refractivity contribution >= 4 is 0 Å². The summed E-state index contributed by atoms with van der Waals surface area (Å²) in [6, 6.07) is 0.739. The Bertz CT molecular complexity index is 164. The van der Waals surface area contributed by atoms with Crippen molar-refractivity contribution in [2.45, 2.75) is 71.4 Å². The van der Waals surface area contributed by atoms with Crippen LogP contribution in [-0.2, 0) is 4.74 Å². The lowest BCUT2D eigenvalue weighted by Gasteiger charge is -2.24. The minimum absolute atomic E-state index is 0.379. The molecule has 0 bridgehead atoms. The lowest BCUT2D eigenvalue weighted by Crippen LogP contribution is -2.35. The van der Waals surface area contributed by atoms with Crippen LogP contribution in [0.2, 0.25) is 0 Å². The highest BCUT2D eigenvalue weighted by atomic mass is 16.5. The number of hydrogen-bond donors (Lipinski definition) is 1. The molecule has 0 amide bonds. The fourth-order valence-electron chi connectivity index (χ4n) is 2.75. The highest BCUT2D eigenvalue weighted by molar-refractivity contribution is 4.80. The molecule has 2 nitrogen and oxygen atoms in total. The third-order valence-corrected chi connectivity index (χ3v) is 3.55. The van der Waals surface area contributed by atoms with E-state index in [0.717, 1.165) is 25.1 Å². The molecule has 1 atom stereocenters. The zero-order valence-electron chi connectivity index (χ0n) is 11.3. The molecule has 0 aromatic heterocycles. The number of rotatable bonds is 8. The third kappa shape index (κ3) is 5.31. The molecular formula is C14H29NO. The Morgan fingerprint density at radius 2 is 1.94 bits per heavy atom. The van der Waals surface area contributed by atoms with Gasteiger partial charge in [0.05, 0.1) is 6.10 Å². The van der Waals surface area contributed by atoms with Gasteiger partial charge in [-0.15, -0.1) is 0 Å². The van der Waals surface area contributed by atoms with E-state index in [2.05, 4.69) is 26.1 Å². The first-order valence-corrected chi connectivity index (χ1v) is 7.09. The Kier molecular flexibility index (Phi) is 7.06. The van der Waals surface area contributed by atoms with E-state index in [9.17, 15) is 0 Å². The summed E-state index contributed by atoms with van der Waals surface area (Å²) in [5, 5.41) is 3.66. The van der Waals surface area contributed by atoms with Gasteiger partial charge >= 0.3 is 0 Å². The van der Waals surface area contributed by atoms with Crippen LogP contribution in [0.5, 0.6) is 0 Å². The van der Waals surface area contributed by atoms with Gasteiger partial charge in [-0.25, -0.2) is 0 Å². The molecule has 0 aromatic rings. The lowest BCUT2D eigenvalue weighted by atomic mass is 9.94. The number of hydrogen-bond acceptors (Lipinski definition) is 2. The summed E-state index contributed by atoms with van der Waals surface area (Å²) in [6.07, 6.45) is 8.61. The standard InChI is InChI=1S/C14H29NO/c1-4-15-14(13-8-5-6-9-13)10-7-11-16-12(2)3/h12-15H,4-11H2,1-3H3. The molecule has 96 valence electrons. The molecule has 1 rings (SSSR count). The van der Waals surface area contributed by atoms with E-state index in [4.69, 9.17) is 4.74 Å². The maximum atomic E-state index is 5.61. The number of ether oxygens (including phenoxy) is 1. The van der Waals surface area contributed by atoms with Crippen LogP contribution < -0.4 is 5.32 Å². The summed E-state index contributed by atoms with van der Waals surface area (Å²) in [4.78, 5) is 0. The Morgan fingerprint density at radius 3 is 2.50 bits per heavy atom. The van der Waals surface area contributed by atoms with Crippen LogP contribution >= 0.6 is 0 Å². The van der Waals surface area contributed by atoms with E-state index in [-0.39, 0.29) is 0 Å². The molecule has 0 radical (unpaired) electrons. The molecule has 0 saturated heterocycles. The molecule has 1 unspecified atom stereocenters. The van der Waals surface area contributed by atoms with Gasteiger partial charge in [-0.1, -0.05) is 19.8 Å². The fraction of sp³-hybridized carbons (Fsp3) is 1.00. The molecule has 2 heteroatoms. The Labute approximate surface area is 101 Å². The Balaban J connectivity index is 2.17. The van der Waals surface area contributed by atoms with Gasteiger partial charge in [-0.3, -0.25) is 0 Å². The highest BCUT2D eigenvalue weighted by Gasteiger charge is 2.23. The number of nitrogens with one attached hydrogen (secondary N) is 1. The summed E-state index contributed by atoms with van der Waals surface area (Å²) in [5.74, 6) is 0.930. The van der Waals surface area contributed by atoms with Crippen LogP contribution in [-0.4, -0.2) is 25.3 Å². The first-order valence-electron chi connectivity index (χ1n) is 7.09. The topological polar surface area (TPSA) is 21.3 Å². The maximum absolute atomic E-state index is 5.61. The van der Waals surface area contributed by atoms with Gasteiger partial charge < -0.3 is 10.1 Å². The zero-order chi connectivity index (χ0) is 11.8. The van der Waals surface area contributed by atoms with Crippen molar-refractivity contribution in [1.29, 1.82) is 0 Å². The van der Waals surface area contributed by atoms with Crippen molar-refractivity contribution in [2.75, 3.05) is 13.2 Å². The highest BCUT2D eigenvalue weighted by Crippen LogP contribution is 2.29. The fourth-order valence-corrected chi connectivity index (χ4v) is 2.75. The van der Waals surface area contributed by atoms with Crippen molar-refractivity contribution < 1.29 is 4.74 Å². The predicted molar refractivity (Wildman–Crippen MR) is 69.7 cm³/mol. The van der Waals surface area contributed by atoms with E-state index in [1.165, 1.54) is 38.5 Å². The first kappa shape index (κ1) is 14.0. The van der Waals surface area contributed by atoms with Crippen molar-refractivity contribution in [2.24, 2.45) is 5.92 Å². The molecule has 1 fully saturated rings. The van der Waals surface area contributed by atoms with E-state index in [1.807, 2.05) is 0 Å². The van der Waals surface area contributed by atoms with E-state index >= 15 is 0 Å². The zero-order valence-corrected chi connectivity index (χ0v) is 11.3. The van der Waals surface area contributed by atoms with Crippen molar-refractivity contribution in [1.82, 2.24) is 5.32 Å². The Hall–Kier alpha value is -0.0800. The van der Waals surface area contributed by atoms with Crippen LogP contribution in [0.3, 0.4) is 0 Å². The smallest absolute Gasteiger partial charge is 0.0518 e. The average molecular weight is 227 g/mol. The second-order valence-electron chi connectivity index (χ2n) is 5.27. The van der Waals surface area contributed by atoms with E-state index in [0.29, 0.717) is 6.10 Å². The van der Waals surface area contributed by atoms with Gasteiger partial charge in [-0.05, 0) is 52.0 Å². The summed E-state index contributed by atoms with van der Waals surface area (Å²) in [7, 11) is 0. The van der Waals surface area contributed by atoms with Gasteiger partial charge in [0, 0.05) is 12.6 Å². The van der Waals surface area contributed by atoms with Crippen LogP contribution in [0.15, 0.2) is 0 Å². The van der Waals surface area contributed by atoms with Gasteiger partial charge in [0.25, 0.3) is 0 Å². The summed E-state index contributed by atoms with van der Waals surface area (Å²) < 4.78 is 5.61. The largest absolute Gasteiger partial charge is 0.379 e. The SMILES string of the molecule is CCNC(CCCOC(C)C)C1CCCC1.